The normalized spacial score (nSPS) is 12.9. The van der Waals surface area contributed by atoms with E-state index in [-0.39, 0.29) is 5.92 Å². The van der Waals surface area contributed by atoms with Gasteiger partial charge in [-0.05, 0) is 25.7 Å². The van der Waals surface area contributed by atoms with Crippen LogP contribution in [0, 0.1) is 5.92 Å². The summed E-state index contributed by atoms with van der Waals surface area (Å²) in [5.41, 5.74) is 0. The number of hydrogen-bond acceptors (Lipinski definition) is 3. The van der Waals surface area contributed by atoms with Crippen LogP contribution in [0.3, 0.4) is 0 Å². The Morgan fingerprint density at radius 2 is 0.686 bits per heavy atom. The van der Waals surface area contributed by atoms with E-state index in [1.807, 2.05) is 0 Å². The second-order valence-corrected chi connectivity index (χ2v) is 10.8. The van der Waals surface area contributed by atoms with Gasteiger partial charge in [-0.25, -0.2) is 0 Å². The topological polar surface area (TPSA) is 27.7 Å². The summed E-state index contributed by atoms with van der Waals surface area (Å²) in [6, 6.07) is 0. The summed E-state index contributed by atoms with van der Waals surface area (Å²) >= 11 is 0. The van der Waals surface area contributed by atoms with Gasteiger partial charge in [0.15, 0.2) is 0 Å². The molecule has 0 fully saturated rings. The standard InChI is InChI=1S/C32H66O3/c1-6-10-14-18-19-23-27-31(5)32(33-28-24-20-15-11-7-2,34-29-25-21-16-12-8-3)35-30-26-22-17-13-9-4/h31H,6-30H2,1-5H3. The lowest BCUT2D eigenvalue weighted by atomic mass is 9.99. The molecule has 212 valence electrons. The summed E-state index contributed by atoms with van der Waals surface area (Å²) in [4.78, 5) is 0. The highest BCUT2D eigenvalue weighted by Crippen LogP contribution is 2.31. The van der Waals surface area contributed by atoms with Gasteiger partial charge in [0, 0.05) is 5.92 Å². The molecule has 0 bridgehead atoms. The van der Waals surface area contributed by atoms with E-state index < -0.39 is 5.97 Å². The quantitative estimate of drug-likeness (QED) is 0.0758. The fourth-order valence-corrected chi connectivity index (χ4v) is 4.72. The molecule has 0 aliphatic carbocycles. The number of ether oxygens (including phenoxy) is 3. The highest BCUT2D eigenvalue weighted by Gasteiger charge is 2.39. The van der Waals surface area contributed by atoms with E-state index in [0.717, 1.165) is 45.5 Å². The number of rotatable bonds is 29. The van der Waals surface area contributed by atoms with Crippen molar-refractivity contribution in [3.8, 4) is 0 Å². The lowest BCUT2D eigenvalue weighted by Crippen LogP contribution is -2.46. The maximum absolute atomic E-state index is 6.58. The van der Waals surface area contributed by atoms with Gasteiger partial charge in [-0.3, -0.25) is 0 Å². The van der Waals surface area contributed by atoms with Crippen LogP contribution >= 0.6 is 0 Å². The molecule has 35 heavy (non-hydrogen) atoms. The van der Waals surface area contributed by atoms with E-state index in [0.29, 0.717) is 0 Å². The highest BCUT2D eigenvalue weighted by molar-refractivity contribution is 4.69. The van der Waals surface area contributed by atoms with E-state index in [4.69, 9.17) is 14.2 Å². The van der Waals surface area contributed by atoms with Crippen LogP contribution in [0.4, 0.5) is 0 Å². The van der Waals surface area contributed by atoms with Gasteiger partial charge in [-0.2, -0.15) is 0 Å². The first kappa shape index (κ1) is 34.9. The first-order chi connectivity index (χ1) is 17.2. The van der Waals surface area contributed by atoms with Gasteiger partial charge in [0.05, 0.1) is 19.8 Å². The van der Waals surface area contributed by atoms with E-state index in [2.05, 4.69) is 34.6 Å². The van der Waals surface area contributed by atoms with Crippen LogP contribution < -0.4 is 0 Å². The molecule has 0 aliphatic heterocycles. The van der Waals surface area contributed by atoms with Crippen LogP contribution in [0.15, 0.2) is 0 Å². The molecule has 0 aromatic carbocycles. The smallest absolute Gasteiger partial charge is 0.285 e. The minimum absolute atomic E-state index is 0.260. The Morgan fingerprint density at radius 3 is 1.03 bits per heavy atom. The van der Waals surface area contributed by atoms with E-state index >= 15 is 0 Å². The molecule has 0 saturated heterocycles. The Bertz CT molecular complexity index is 357. The second kappa shape index (κ2) is 26.9. The van der Waals surface area contributed by atoms with Crippen LogP contribution in [0.1, 0.15) is 176 Å². The number of hydrogen-bond donors (Lipinski definition) is 0. The zero-order valence-corrected chi connectivity index (χ0v) is 25.0. The molecule has 0 heterocycles. The summed E-state index contributed by atoms with van der Waals surface area (Å²) in [6.45, 7) is 13.6. The highest BCUT2D eigenvalue weighted by atomic mass is 16.9. The average molecular weight is 499 g/mol. The minimum Gasteiger partial charge on any atom is -0.327 e. The molecule has 0 radical (unpaired) electrons. The van der Waals surface area contributed by atoms with Crippen molar-refractivity contribution in [3.05, 3.63) is 0 Å². The third-order valence-corrected chi connectivity index (χ3v) is 7.25. The van der Waals surface area contributed by atoms with Gasteiger partial charge in [0.25, 0.3) is 5.97 Å². The molecule has 3 nitrogen and oxygen atoms in total. The Morgan fingerprint density at radius 1 is 0.400 bits per heavy atom. The molecule has 0 rings (SSSR count). The number of unbranched alkanes of at least 4 members (excludes halogenated alkanes) is 17. The molecule has 0 aromatic heterocycles. The zero-order valence-electron chi connectivity index (χ0n) is 25.0. The SMILES string of the molecule is CCCCCCCCC(C)C(OCCCCCCC)(OCCCCCCC)OCCCCCCC. The monoisotopic (exact) mass is 499 g/mol. The van der Waals surface area contributed by atoms with Crippen molar-refractivity contribution in [1.29, 1.82) is 0 Å². The summed E-state index contributed by atoms with van der Waals surface area (Å²) in [7, 11) is 0. The molecule has 0 aromatic rings. The second-order valence-electron chi connectivity index (χ2n) is 10.8. The van der Waals surface area contributed by atoms with Crippen molar-refractivity contribution < 1.29 is 14.2 Å². The third-order valence-electron chi connectivity index (χ3n) is 7.25. The van der Waals surface area contributed by atoms with Crippen LogP contribution in [0.2, 0.25) is 0 Å². The van der Waals surface area contributed by atoms with Gasteiger partial charge in [-0.1, -0.05) is 150 Å². The maximum Gasteiger partial charge on any atom is 0.285 e. The summed E-state index contributed by atoms with van der Waals surface area (Å²) in [6.07, 6.45) is 27.8. The van der Waals surface area contributed by atoms with Crippen LogP contribution in [-0.4, -0.2) is 25.8 Å². The minimum atomic E-state index is -0.857. The van der Waals surface area contributed by atoms with E-state index in [1.54, 1.807) is 0 Å². The predicted molar refractivity (Wildman–Crippen MR) is 154 cm³/mol. The van der Waals surface area contributed by atoms with E-state index in [1.165, 1.54) is 116 Å². The fraction of sp³-hybridized carbons (Fsp3) is 1.00. The molecular formula is C32H66O3. The Hall–Kier alpha value is -0.120. The van der Waals surface area contributed by atoms with Crippen molar-refractivity contribution >= 4 is 0 Å². The first-order valence-electron chi connectivity index (χ1n) is 16.1. The Balaban J connectivity index is 4.97. The van der Waals surface area contributed by atoms with Gasteiger partial charge >= 0.3 is 0 Å². The fourth-order valence-electron chi connectivity index (χ4n) is 4.72. The van der Waals surface area contributed by atoms with Crippen molar-refractivity contribution in [2.24, 2.45) is 5.92 Å². The molecule has 1 unspecified atom stereocenters. The molecule has 3 heteroatoms. The summed E-state index contributed by atoms with van der Waals surface area (Å²) in [5.74, 6) is -0.598. The Kier molecular flexibility index (Phi) is 26.8. The lowest BCUT2D eigenvalue weighted by molar-refractivity contribution is -0.404. The van der Waals surface area contributed by atoms with Crippen molar-refractivity contribution in [3.63, 3.8) is 0 Å². The molecule has 0 saturated carbocycles. The Labute approximate surface area is 221 Å². The van der Waals surface area contributed by atoms with Crippen LogP contribution in [0.5, 0.6) is 0 Å². The van der Waals surface area contributed by atoms with Gasteiger partial charge in [0.1, 0.15) is 0 Å². The summed E-state index contributed by atoms with van der Waals surface area (Å²) in [5, 5.41) is 0. The van der Waals surface area contributed by atoms with Crippen LogP contribution in [0.25, 0.3) is 0 Å². The van der Waals surface area contributed by atoms with Crippen molar-refractivity contribution in [2.45, 2.75) is 182 Å². The predicted octanol–water partition coefficient (Wildman–Crippen LogP) is 11.0. The summed E-state index contributed by atoms with van der Waals surface area (Å²) < 4.78 is 19.7. The molecule has 0 N–H and O–H groups in total. The molecule has 0 spiro atoms. The molecule has 1 atom stereocenters. The largest absolute Gasteiger partial charge is 0.327 e. The maximum atomic E-state index is 6.58. The first-order valence-corrected chi connectivity index (χ1v) is 16.1. The van der Waals surface area contributed by atoms with Gasteiger partial charge in [0.2, 0.25) is 0 Å². The third kappa shape index (κ3) is 20.6. The van der Waals surface area contributed by atoms with Crippen LogP contribution in [-0.2, 0) is 14.2 Å². The molecule has 0 aliphatic rings. The molecular weight excluding hydrogens is 432 g/mol. The van der Waals surface area contributed by atoms with Gasteiger partial charge < -0.3 is 14.2 Å². The van der Waals surface area contributed by atoms with Gasteiger partial charge in [-0.15, -0.1) is 0 Å². The lowest BCUT2D eigenvalue weighted by Gasteiger charge is -2.38. The van der Waals surface area contributed by atoms with E-state index in [9.17, 15) is 0 Å². The average Bonchev–Trinajstić information content (AvgIpc) is 2.87. The zero-order chi connectivity index (χ0) is 25.9. The molecule has 0 amide bonds. The van der Waals surface area contributed by atoms with Crippen molar-refractivity contribution in [1.82, 2.24) is 0 Å². The van der Waals surface area contributed by atoms with Crippen molar-refractivity contribution in [2.75, 3.05) is 19.8 Å².